The lowest BCUT2D eigenvalue weighted by Gasteiger charge is -2.25. The Hall–Kier alpha value is -2.21. The van der Waals surface area contributed by atoms with Crippen molar-refractivity contribution in [3.63, 3.8) is 0 Å². The molecule has 0 unspecified atom stereocenters. The van der Waals surface area contributed by atoms with Crippen molar-refractivity contribution in [3.8, 4) is 0 Å². The van der Waals surface area contributed by atoms with Crippen LogP contribution in [0.15, 0.2) is 41.2 Å². The third-order valence-corrected chi connectivity index (χ3v) is 4.14. The number of β-amino-alcohol motifs (C(OH)–C–C–N with tert-alkyl or cyclic N) is 1. The Morgan fingerprint density at radius 1 is 1.30 bits per heavy atom. The molecule has 23 heavy (non-hydrogen) atoms. The van der Waals surface area contributed by atoms with Crippen molar-refractivity contribution >= 4 is 5.91 Å². The summed E-state index contributed by atoms with van der Waals surface area (Å²) in [6.07, 6.45) is 3.59. The Morgan fingerprint density at radius 2 is 2.13 bits per heavy atom. The van der Waals surface area contributed by atoms with E-state index in [9.17, 15) is 18.7 Å². The van der Waals surface area contributed by atoms with Gasteiger partial charge in [-0.25, -0.2) is 8.78 Å². The SMILES string of the molecule is O=C(CCc1ccoc1)N1C[C@H](O)C[C@@H]1c1ccc(F)c(F)c1. The monoisotopic (exact) mass is 321 g/mol. The number of likely N-dealkylation sites (tertiary alicyclic amines) is 1. The van der Waals surface area contributed by atoms with Gasteiger partial charge in [-0.1, -0.05) is 6.07 Å². The van der Waals surface area contributed by atoms with Crippen LogP contribution in [0.5, 0.6) is 0 Å². The quantitative estimate of drug-likeness (QED) is 0.942. The van der Waals surface area contributed by atoms with Gasteiger partial charge in [0.25, 0.3) is 0 Å². The first-order chi connectivity index (χ1) is 11.0. The van der Waals surface area contributed by atoms with Gasteiger partial charge < -0.3 is 14.4 Å². The van der Waals surface area contributed by atoms with Gasteiger partial charge in [0.15, 0.2) is 11.6 Å². The van der Waals surface area contributed by atoms with Crippen LogP contribution in [0.2, 0.25) is 0 Å². The summed E-state index contributed by atoms with van der Waals surface area (Å²) >= 11 is 0. The predicted molar refractivity (Wildman–Crippen MR) is 78.5 cm³/mol. The largest absolute Gasteiger partial charge is 0.472 e. The zero-order valence-electron chi connectivity index (χ0n) is 12.4. The number of amides is 1. The highest BCUT2D eigenvalue weighted by atomic mass is 19.2. The first-order valence-electron chi connectivity index (χ1n) is 7.48. The summed E-state index contributed by atoms with van der Waals surface area (Å²) in [4.78, 5) is 14.0. The number of nitrogens with zero attached hydrogens (tertiary/aromatic N) is 1. The van der Waals surface area contributed by atoms with Crippen LogP contribution < -0.4 is 0 Å². The molecule has 4 nitrogen and oxygen atoms in total. The van der Waals surface area contributed by atoms with E-state index in [2.05, 4.69) is 0 Å². The molecule has 1 saturated heterocycles. The van der Waals surface area contributed by atoms with Crippen molar-refractivity contribution < 1.29 is 23.1 Å². The number of rotatable bonds is 4. The molecule has 2 heterocycles. The van der Waals surface area contributed by atoms with Crippen LogP contribution in [0.3, 0.4) is 0 Å². The van der Waals surface area contributed by atoms with Gasteiger partial charge in [-0.3, -0.25) is 4.79 Å². The zero-order valence-corrected chi connectivity index (χ0v) is 12.4. The number of benzene rings is 1. The normalized spacial score (nSPS) is 20.9. The minimum Gasteiger partial charge on any atom is -0.472 e. The lowest BCUT2D eigenvalue weighted by atomic mass is 10.0. The predicted octanol–water partition coefficient (Wildman–Crippen LogP) is 2.82. The molecule has 122 valence electrons. The number of halogens is 2. The van der Waals surface area contributed by atoms with Crippen molar-refractivity contribution in [2.75, 3.05) is 6.54 Å². The van der Waals surface area contributed by atoms with E-state index in [0.29, 0.717) is 18.4 Å². The molecule has 1 N–H and O–H groups in total. The van der Waals surface area contributed by atoms with E-state index in [1.54, 1.807) is 18.6 Å². The second-order valence-electron chi connectivity index (χ2n) is 5.76. The molecule has 1 aliphatic rings. The number of carbonyl (C=O) groups is 1. The van der Waals surface area contributed by atoms with Crippen LogP contribution in [0.1, 0.15) is 30.0 Å². The van der Waals surface area contributed by atoms with Gasteiger partial charge in [0.05, 0.1) is 24.7 Å². The van der Waals surface area contributed by atoms with E-state index in [1.165, 1.54) is 11.0 Å². The third-order valence-electron chi connectivity index (χ3n) is 4.14. The fourth-order valence-electron chi connectivity index (χ4n) is 2.95. The molecule has 0 bridgehead atoms. The first kappa shape index (κ1) is 15.7. The summed E-state index contributed by atoms with van der Waals surface area (Å²) in [7, 11) is 0. The topological polar surface area (TPSA) is 53.7 Å². The number of aliphatic hydroxyl groups is 1. The number of aliphatic hydroxyl groups excluding tert-OH is 1. The molecule has 6 heteroatoms. The van der Waals surface area contributed by atoms with E-state index in [4.69, 9.17) is 4.42 Å². The van der Waals surface area contributed by atoms with Gasteiger partial charge in [-0.2, -0.15) is 0 Å². The molecular weight excluding hydrogens is 304 g/mol. The van der Waals surface area contributed by atoms with Gasteiger partial charge in [-0.05, 0) is 42.2 Å². The van der Waals surface area contributed by atoms with E-state index < -0.39 is 23.8 Å². The van der Waals surface area contributed by atoms with E-state index in [0.717, 1.165) is 17.7 Å². The second-order valence-corrected chi connectivity index (χ2v) is 5.76. The van der Waals surface area contributed by atoms with Crippen molar-refractivity contribution in [2.45, 2.75) is 31.4 Å². The zero-order chi connectivity index (χ0) is 16.4. The Morgan fingerprint density at radius 3 is 2.83 bits per heavy atom. The average molecular weight is 321 g/mol. The van der Waals surface area contributed by atoms with Crippen LogP contribution in [-0.2, 0) is 11.2 Å². The molecule has 0 aliphatic carbocycles. The van der Waals surface area contributed by atoms with Crippen LogP contribution in [0.4, 0.5) is 8.78 Å². The molecule has 1 aliphatic heterocycles. The molecule has 1 fully saturated rings. The molecule has 0 saturated carbocycles. The van der Waals surface area contributed by atoms with E-state index in [1.807, 2.05) is 0 Å². The summed E-state index contributed by atoms with van der Waals surface area (Å²) in [5.74, 6) is -2.00. The lowest BCUT2D eigenvalue weighted by molar-refractivity contribution is -0.132. The fourth-order valence-corrected chi connectivity index (χ4v) is 2.95. The maximum Gasteiger partial charge on any atom is 0.223 e. The third kappa shape index (κ3) is 3.42. The second kappa shape index (κ2) is 6.50. The van der Waals surface area contributed by atoms with Crippen LogP contribution in [-0.4, -0.2) is 28.6 Å². The fraction of sp³-hybridized carbons (Fsp3) is 0.353. The standard InChI is InChI=1S/C17H17F2NO3/c18-14-3-2-12(7-15(14)19)16-8-13(21)9-20(16)17(22)4-1-11-5-6-23-10-11/h2-3,5-7,10,13,16,21H,1,4,8-9H2/t13-,16-/m1/s1. The molecule has 1 amide bonds. The Labute approximate surface area is 132 Å². The number of furan rings is 1. The summed E-state index contributed by atoms with van der Waals surface area (Å²) in [6, 6.07) is 4.95. The number of hydrogen-bond acceptors (Lipinski definition) is 3. The van der Waals surface area contributed by atoms with Crippen molar-refractivity contribution in [3.05, 3.63) is 59.6 Å². The average Bonchev–Trinajstić information content (AvgIpc) is 3.17. The highest BCUT2D eigenvalue weighted by Crippen LogP contribution is 2.33. The van der Waals surface area contributed by atoms with Crippen molar-refractivity contribution in [2.24, 2.45) is 0 Å². The highest BCUT2D eigenvalue weighted by molar-refractivity contribution is 5.77. The first-order valence-corrected chi connectivity index (χ1v) is 7.48. The minimum absolute atomic E-state index is 0.127. The van der Waals surface area contributed by atoms with Crippen molar-refractivity contribution in [1.82, 2.24) is 4.90 Å². The van der Waals surface area contributed by atoms with Gasteiger partial charge in [0.2, 0.25) is 5.91 Å². The lowest BCUT2D eigenvalue weighted by Crippen LogP contribution is -2.32. The molecule has 1 aromatic heterocycles. The van der Waals surface area contributed by atoms with Gasteiger partial charge >= 0.3 is 0 Å². The van der Waals surface area contributed by atoms with E-state index >= 15 is 0 Å². The molecule has 0 radical (unpaired) electrons. The Balaban J connectivity index is 1.73. The van der Waals surface area contributed by atoms with Gasteiger partial charge in [0, 0.05) is 13.0 Å². The molecule has 2 aromatic rings. The van der Waals surface area contributed by atoms with Gasteiger partial charge in [-0.15, -0.1) is 0 Å². The van der Waals surface area contributed by atoms with Crippen molar-refractivity contribution in [1.29, 1.82) is 0 Å². The van der Waals surface area contributed by atoms with Crippen LogP contribution >= 0.6 is 0 Å². The molecule has 0 spiro atoms. The molecule has 2 atom stereocenters. The molecular formula is C17H17F2NO3. The summed E-state index contributed by atoms with van der Waals surface area (Å²) in [6.45, 7) is 0.202. The highest BCUT2D eigenvalue weighted by Gasteiger charge is 2.35. The van der Waals surface area contributed by atoms with E-state index in [-0.39, 0.29) is 18.9 Å². The number of hydrogen-bond donors (Lipinski definition) is 1. The summed E-state index contributed by atoms with van der Waals surface area (Å²) in [5, 5.41) is 9.88. The Bertz CT molecular complexity index is 687. The van der Waals surface area contributed by atoms with Gasteiger partial charge in [0.1, 0.15) is 0 Å². The van der Waals surface area contributed by atoms with Crippen LogP contribution in [0.25, 0.3) is 0 Å². The maximum atomic E-state index is 13.4. The Kier molecular flexibility index (Phi) is 4.43. The smallest absolute Gasteiger partial charge is 0.223 e. The number of carbonyl (C=O) groups excluding carboxylic acids is 1. The maximum absolute atomic E-state index is 13.4. The minimum atomic E-state index is -0.949. The summed E-state index contributed by atoms with van der Waals surface area (Å²) < 4.78 is 31.5. The van der Waals surface area contributed by atoms with Crippen LogP contribution in [0, 0.1) is 11.6 Å². The molecule has 3 rings (SSSR count). The summed E-state index contributed by atoms with van der Waals surface area (Å²) in [5.41, 5.74) is 1.42. The molecule has 1 aromatic carbocycles. The number of aryl methyl sites for hydroxylation is 1.